The van der Waals surface area contributed by atoms with Crippen LogP contribution in [0.5, 0.6) is 0 Å². The van der Waals surface area contributed by atoms with Crippen LogP contribution in [0.2, 0.25) is 0 Å². The molecule has 0 rings (SSSR count). The minimum absolute atomic E-state index is 0.0495. The summed E-state index contributed by atoms with van der Waals surface area (Å²) in [5, 5.41) is 0. The summed E-state index contributed by atoms with van der Waals surface area (Å²) in [6.45, 7) is 11.4. The second-order valence-electron chi connectivity index (χ2n) is 3.79. The highest BCUT2D eigenvalue weighted by Crippen LogP contribution is 2.10. The molecular weight excluding hydrogens is 208 g/mol. The molecule has 0 aliphatic rings. The van der Waals surface area contributed by atoms with Crippen molar-refractivity contribution in [2.75, 3.05) is 0 Å². The molecule has 0 aliphatic heterocycles. The molecule has 0 saturated carbocycles. The first-order chi connectivity index (χ1) is 6.97. The Hall–Kier alpha value is -0.670. The molecule has 0 aromatic heterocycles. The predicted octanol–water partition coefficient (Wildman–Crippen LogP) is 3.36. The van der Waals surface area contributed by atoms with Crippen LogP contribution in [0.3, 0.4) is 0 Å². The van der Waals surface area contributed by atoms with E-state index in [0.717, 1.165) is 0 Å². The van der Waals surface area contributed by atoms with Crippen molar-refractivity contribution in [1.82, 2.24) is 0 Å². The molecule has 3 heteroatoms. The Morgan fingerprint density at radius 2 is 1.93 bits per heavy atom. The molecule has 0 aliphatic carbocycles. The summed E-state index contributed by atoms with van der Waals surface area (Å²) in [4.78, 5) is 0.646. The number of hydrogen-bond donors (Lipinski definition) is 0. The zero-order chi connectivity index (χ0) is 11.8. The molecular formula is C12H20O2S. The van der Waals surface area contributed by atoms with Gasteiger partial charge in [-0.05, 0) is 31.9 Å². The molecule has 0 N–H and O–H groups in total. The van der Waals surface area contributed by atoms with Crippen LogP contribution in [0.15, 0.2) is 35.8 Å². The summed E-state index contributed by atoms with van der Waals surface area (Å²) in [6, 6.07) is 0. The minimum atomic E-state index is -1.40. The van der Waals surface area contributed by atoms with Gasteiger partial charge in [-0.2, -0.15) is 0 Å². The number of hydrogen-bond acceptors (Lipinski definition) is 2. The molecule has 0 amide bonds. The van der Waals surface area contributed by atoms with Crippen molar-refractivity contribution < 1.29 is 8.39 Å². The van der Waals surface area contributed by atoms with E-state index in [1.165, 1.54) is 0 Å². The van der Waals surface area contributed by atoms with E-state index in [4.69, 9.17) is 4.18 Å². The van der Waals surface area contributed by atoms with Crippen molar-refractivity contribution in [2.24, 2.45) is 5.92 Å². The van der Waals surface area contributed by atoms with E-state index < -0.39 is 11.1 Å². The van der Waals surface area contributed by atoms with E-state index in [1.807, 2.05) is 26.0 Å². The van der Waals surface area contributed by atoms with Gasteiger partial charge in [-0.1, -0.05) is 32.6 Å². The largest absolute Gasteiger partial charge is 0.284 e. The Morgan fingerprint density at radius 3 is 2.33 bits per heavy atom. The molecule has 1 unspecified atom stereocenters. The van der Waals surface area contributed by atoms with Gasteiger partial charge in [0.05, 0.1) is 11.0 Å². The van der Waals surface area contributed by atoms with Crippen molar-refractivity contribution in [3.63, 3.8) is 0 Å². The Bertz CT molecular complexity index is 275. The van der Waals surface area contributed by atoms with Gasteiger partial charge in [0.25, 0.3) is 0 Å². The van der Waals surface area contributed by atoms with E-state index in [1.54, 1.807) is 12.2 Å². The monoisotopic (exact) mass is 228 g/mol. The maximum absolute atomic E-state index is 11.7. The molecule has 0 aromatic carbocycles. The number of allylic oxidation sites excluding steroid dienone is 4. The summed E-state index contributed by atoms with van der Waals surface area (Å²) < 4.78 is 16.9. The molecule has 15 heavy (non-hydrogen) atoms. The van der Waals surface area contributed by atoms with Crippen LogP contribution in [-0.4, -0.2) is 10.3 Å². The summed E-state index contributed by atoms with van der Waals surface area (Å²) in [7, 11) is 0. The zero-order valence-electron chi connectivity index (χ0n) is 9.90. The molecule has 0 fully saturated rings. The van der Waals surface area contributed by atoms with E-state index in [2.05, 4.69) is 20.4 Å². The molecule has 0 saturated heterocycles. The van der Waals surface area contributed by atoms with E-state index in [-0.39, 0.29) is 6.10 Å². The highest BCUT2D eigenvalue weighted by atomic mass is 32.2. The second-order valence-corrected chi connectivity index (χ2v) is 4.92. The number of rotatable bonds is 6. The van der Waals surface area contributed by atoms with Crippen molar-refractivity contribution >= 4 is 11.1 Å². The van der Waals surface area contributed by atoms with Crippen LogP contribution in [0, 0.1) is 5.92 Å². The standard InChI is InChI=1S/C12H20O2S/c1-6-7-12(9-8-10(2)3)15(13)14-11(4)5/h6-11H,1H2,2-5H3/b9-8-,12-7+. The van der Waals surface area contributed by atoms with E-state index in [0.29, 0.717) is 10.8 Å². The molecule has 2 nitrogen and oxygen atoms in total. The smallest absolute Gasteiger partial charge is 0.189 e. The highest BCUT2D eigenvalue weighted by Gasteiger charge is 2.06. The average Bonchev–Trinajstić information content (AvgIpc) is 2.10. The molecule has 0 bridgehead atoms. The maximum atomic E-state index is 11.7. The van der Waals surface area contributed by atoms with Crippen LogP contribution in [0.1, 0.15) is 27.7 Å². The average molecular weight is 228 g/mol. The van der Waals surface area contributed by atoms with Gasteiger partial charge in [0, 0.05) is 0 Å². The van der Waals surface area contributed by atoms with Gasteiger partial charge in [-0.3, -0.25) is 4.18 Å². The van der Waals surface area contributed by atoms with Gasteiger partial charge in [0.1, 0.15) is 0 Å². The third-order valence-corrected chi connectivity index (χ3v) is 2.62. The van der Waals surface area contributed by atoms with E-state index in [9.17, 15) is 4.21 Å². The summed E-state index contributed by atoms with van der Waals surface area (Å²) in [6.07, 6.45) is 7.08. The third-order valence-electron chi connectivity index (χ3n) is 1.40. The maximum Gasteiger partial charge on any atom is 0.189 e. The van der Waals surface area contributed by atoms with Gasteiger partial charge >= 0.3 is 0 Å². The Balaban J connectivity index is 4.61. The first-order valence-corrected chi connectivity index (χ1v) is 6.14. The topological polar surface area (TPSA) is 26.3 Å². The van der Waals surface area contributed by atoms with E-state index >= 15 is 0 Å². The van der Waals surface area contributed by atoms with Crippen molar-refractivity contribution in [1.29, 1.82) is 0 Å². The lowest BCUT2D eigenvalue weighted by Crippen LogP contribution is -2.06. The minimum Gasteiger partial charge on any atom is -0.284 e. The zero-order valence-corrected chi connectivity index (χ0v) is 10.7. The van der Waals surface area contributed by atoms with Crippen LogP contribution in [-0.2, 0) is 15.3 Å². The van der Waals surface area contributed by atoms with Gasteiger partial charge in [0.15, 0.2) is 11.1 Å². The summed E-state index contributed by atoms with van der Waals surface area (Å²) >= 11 is -1.40. The highest BCUT2D eigenvalue weighted by molar-refractivity contribution is 7.84. The van der Waals surface area contributed by atoms with Crippen LogP contribution in [0.25, 0.3) is 0 Å². The predicted molar refractivity (Wildman–Crippen MR) is 66.6 cm³/mol. The van der Waals surface area contributed by atoms with Gasteiger partial charge in [0.2, 0.25) is 0 Å². The van der Waals surface area contributed by atoms with Gasteiger partial charge < -0.3 is 0 Å². The van der Waals surface area contributed by atoms with Crippen LogP contribution < -0.4 is 0 Å². The van der Waals surface area contributed by atoms with Crippen molar-refractivity contribution in [3.05, 3.63) is 35.8 Å². The van der Waals surface area contributed by atoms with Gasteiger partial charge in [-0.25, -0.2) is 4.21 Å². The first-order valence-electron chi connectivity index (χ1n) is 5.07. The summed E-state index contributed by atoms with van der Waals surface area (Å²) in [5.41, 5.74) is 0. The van der Waals surface area contributed by atoms with Crippen LogP contribution in [0.4, 0.5) is 0 Å². The lowest BCUT2D eigenvalue weighted by atomic mass is 10.2. The molecule has 0 spiro atoms. The fourth-order valence-corrected chi connectivity index (χ4v) is 1.66. The van der Waals surface area contributed by atoms with Crippen molar-refractivity contribution in [2.45, 2.75) is 33.8 Å². The lowest BCUT2D eigenvalue weighted by molar-refractivity contribution is 0.272. The molecule has 86 valence electrons. The summed E-state index contributed by atoms with van der Waals surface area (Å²) in [5.74, 6) is 0.425. The Labute approximate surface area is 95.4 Å². The Morgan fingerprint density at radius 1 is 1.33 bits per heavy atom. The Kier molecular flexibility index (Phi) is 7.26. The lowest BCUT2D eigenvalue weighted by Gasteiger charge is -2.06. The molecule has 1 atom stereocenters. The second kappa shape index (κ2) is 7.60. The molecule has 0 radical (unpaired) electrons. The van der Waals surface area contributed by atoms with Gasteiger partial charge in [-0.15, -0.1) is 0 Å². The first kappa shape index (κ1) is 14.3. The third kappa shape index (κ3) is 7.28. The fraction of sp³-hybridized carbons (Fsp3) is 0.500. The fourth-order valence-electron chi connectivity index (χ4n) is 0.800. The molecule has 0 aromatic rings. The quantitative estimate of drug-likeness (QED) is 0.652. The molecule has 0 heterocycles. The van der Waals surface area contributed by atoms with Crippen LogP contribution >= 0.6 is 0 Å². The SMILES string of the molecule is C=C/C=C(\C=C/C(C)C)S(=O)OC(C)C. The van der Waals surface area contributed by atoms with Crippen molar-refractivity contribution in [3.8, 4) is 0 Å². The normalized spacial score (nSPS) is 15.2.